The number of likely N-dealkylation sites (tertiary alicyclic amines) is 1. The van der Waals surface area contributed by atoms with E-state index in [4.69, 9.17) is 4.42 Å². The number of thioether (sulfide) groups is 1. The molecule has 6 nitrogen and oxygen atoms in total. The molecule has 0 spiro atoms. The average molecular weight is 385 g/mol. The summed E-state index contributed by atoms with van der Waals surface area (Å²) >= 11 is 1.45. The number of nitrogens with one attached hydrogen (secondary N) is 2. The van der Waals surface area contributed by atoms with Gasteiger partial charge in [0.2, 0.25) is 11.8 Å². The number of para-hydroxylation sites is 1. The van der Waals surface area contributed by atoms with Crippen LogP contribution in [0.5, 0.6) is 0 Å². The summed E-state index contributed by atoms with van der Waals surface area (Å²) < 4.78 is 5.59. The summed E-state index contributed by atoms with van der Waals surface area (Å²) in [7, 11) is 0. The predicted octanol–water partition coefficient (Wildman–Crippen LogP) is 3.04. The number of rotatable bonds is 6. The highest BCUT2D eigenvalue weighted by Crippen LogP contribution is 2.36. The van der Waals surface area contributed by atoms with Gasteiger partial charge in [-0.15, -0.1) is 11.8 Å². The summed E-state index contributed by atoms with van der Waals surface area (Å²) in [4.78, 5) is 28.1. The summed E-state index contributed by atoms with van der Waals surface area (Å²) in [6.07, 6.45) is 4.17. The molecule has 7 heteroatoms. The fourth-order valence-corrected chi connectivity index (χ4v) is 4.73. The Balaban J connectivity index is 1.35. The number of carbonyl (C=O) groups excluding carboxylic acids is 2. The van der Waals surface area contributed by atoms with E-state index in [0.29, 0.717) is 6.54 Å². The van der Waals surface area contributed by atoms with Crippen LogP contribution >= 0.6 is 11.8 Å². The molecule has 4 rings (SSSR count). The maximum Gasteiger partial charge on any atom is 0.238 e. The van der Waals surface area contributed by atoms with Gasteiger partial charge in [-0.05, 0) is 50.2 Å². The second-order valence-electron chi connectivity index (χ2n) is 6.87. The molecular formula is C20H23N3O3S. The van der Waals surface area contributed by atoms with Crippen molar-refractivity contribution in [3.05, 3.63) is 48.4 Å². The monoisotopic (exact) mass is 385 g/mol. The molecule has 0 bridgehead atoms. The van der Waals surface area contributed by atoms with Gasteiger partial charge in [-0.25, -0.2) is 0 Å². The Morgan fingerprint density at radius 1 is 1.26 bits per heavy atom. The zero-order valence-corrected chi connectivity index (χ0v) is 15.8. The third-order valence-corrected chi connectivity index (χ3v) is 6.30. The normalized spacial score (nSPS) is 20.7. The third kappa shape index (κ3) is 4.20. The molecule has 2 aromatic rings. The summed E-state index contributed by atoms with van der Waals surface area (Å²) in [5.41, 5.74) is 0.816. The van der Waals surface area contributed by atoms with E-state index in [-0.39, 0.29) is 24.3 Å². The van der Waals surface area contributed by atoms with Crippen LogP contribution in [0.15, 0.2) is 52.0 Å². The maximum absolute atomic E-state index is 12.5. The minimum absolute atomic E-state index is 0.0417. The lowest BCUT2D eigenvalue weighted by Crippen LogP contribution is -2.39. The van der Waals surface area contributed by atoms with Crippen LogP contribution in [-0.4, -0.2) is 41.6 Å². The summed E-state index contributed by atoms with van der Waals surface area (Å²) in [5.74, 6) is 0.643. The lowest BCUT2D eigenvalue weighted by atomic mass is 10.2. The Kier molecular flexibility index (Phi) is 5.50. The number of fused-ring (bicyclic) bond motifs is 1. The Morgan fingerprint density at radius 2 is 2.07 bits per heavy atom. The van der Waals surface area contributed by atoms with E-state index in [2.05, 4.69) is 15.5 Å². The van der Waals surface area contributed by atoms with Crippen LogP contribution in [0.1, 0.15) is 31.1 Å². The van der Waals surface area contributed by atoms with Crippen molar-refractivity contribution < 1.29 is 14.0 Å². The number of anilines is 1. The first-order valence-corrected chi connectivity index (χ1v) is 10.2. The molecule has 1 aromatic carbocycles. The number of benzene rings is 1. The molecule has 1 aromatic heterocycles. The summed E-state index contributed by atoms with van der Waals surface area (Å²) in [5, 5.41) is 5.48. The molecule has 0 radical (unpaired) electrons. The van der Waals surface area contributed by atoms with Gasteiger partial charge >= 0.3 is 0 Å². The van der Waals surface area contributed by atoms with Crippen LogP contribution in [-0.2, 0) is 9.59 Å². The van der Waals surface area contributed by atoms with Crippen molar-refractivity contribution in [3.63, 3.8) is 0 Å². The number of nitrogens with zero attached hydrogens (tertiary/aromatic N) is 1. The number of hydrogen-bond acceptors (Lipinski definition) is 5. The molecular weight excluding hydrogens is 362 g/mol. The van der Waals surface area contributed by atoms with Crippen LogP contribution in [0.2, 0.25) is 0 Å². The molecule has 0 aliphatic carbocycles. The van der Waals surface area contributed by atoms with E-state index in [1.807, 2.05) is 36.4 Å². The van der Waals surface area contributed by atoms with Crippen LogP contribution < -0.4 is 10.6 Å². The van der Waals surface area contributed by atoms with Crippen molar-refractivity contribution >= 4 is 29.3 Å². The van der Waals surface area contributed by atoms with E-state index in [1.165, 1.54) is 24.6 Å². The van der Waals surface area contributed by atoms with Gasteiger partial charge in [0.1, 0.15) is 5.76 Å². The van der Waals surface area contributed by atoms with Crippen molar-refractivity contribution in [1.82, 2.24) is 10.2 Å². The fourth-order valence-electron chi connectivity index (χ4n) is 3.62. The standard InChI is InChI=1S/C20H23N3O3S/c24-19(12-18-20(25)22-14-6-1-2-8-17(14)27-18)21-13-15(16-7-5-11-26-16)23-9-3-4-10-23/h1-2,5-8,11,15,18H,3-4,9-10,12-13H2,(H,21,24)(H,22,25)/t15-,18+/m1/s1. The van der Waals surface area contributed by atoms with E-state index < -0.39 is 5.25 Å². The van der Waals surface area contributed by atoms with Crippen LogP contribution in [0.25, 0.3) is 0 Å². The second kappa shape index (κ2) is 8.19. The van der Waals surface area contributed by atoms with Crippen LogP contribution in [0.3, 0.4) is 0 Å². The Bertz CT molecular complexity index is 803. The molecule has 3 heterocycles. The van der Waals surface area contributed by atoms with E-state index in [9.17, 15) is 9.59 Å². The van der Waals surface area contributed by atoms with Crippen LogP contribution in [0.4, 0.5) is 5.69 Å². The summed E-state index contributed by atoms with van der Waals surface area (Å²) in [6, 6.07) is 11.5. The Hall–Kier alpha value is -2.25. The van der Waals surface area contributed by atoms with Gasteiger partial charge < -0.3 is 15.1 Å². The average Bonchev–Trinajstić information content (AvgIpc) is 3.37. The number of amides is 2. The lowest BCUT2D eigenvalue weighted by molar-refractivity contribution is -0.124. The minimum Gasteiger partial charge on any atom is -0.468 e. The van der Waals surface area contributed by atoms with Gasteiger partial charge in [0.25, 0.3) is 0 Å². The second-order valence-corrected chi connectivity index (χ2v) is 8.12. The molecule has 142 valence electrons. The van der Waals surface area contributed by atoms with Gasteiger partial charge in [0.05, 0.1) is 23.2 Å². The van der Waals surface area contributed by atoms with Gasteiger partial charge in [-0.2, -0.15) is 0 Å². The topological polar surface area (TPSA) is 74.6 Å². The van der Waals surface area contributed by atoms with Crippen molar-refractivity contribution in [1.29, 1.82) is 0 Å². The van der Waals surface area contributed by atoms with E-state index >= 15 is 0 Å². The predicted molar refractivity (Wildman–Crippen MR) is 105 cm³/mol. The molecule has 1 saturated heterocycles. The number of furan rings is 1. The molecule has 0 unspecified atom stereocenters. The highest BCUT2D eigenvalue weighted by atomic mass is 32.2. The SMILES string of the molecule is O=C(C[C@@H]1Sc2ccccc2NC1=O)NC[C@H](c1ccco1)N1CCCC1. The minimum atomic E-state index is -0.409. The highest BCUT2D eigenvalue weighted by Gasteiger charge is 2.30. The molecule has 2 aliphatic rings. The maximum atomic E-state index is 12.5. The molecule has 2 amide bonds. The molecule has 2 aliphatic heterocycles. The highest BCUT2D eigenvalue weighted by molar-refractivity contribution is 8.01. The molecule has 1 fully saturated rings. The quantitative estimate of drug-likeness (QED) is 0.800. The van der Waals surface area contributed by atoms with Crippen molar-refractivity contribution in [2.45, 2.75) is 35.4 Å². The number of carbonyl (C=O) groups is 2. The Morgan fingerprint density at radius 3 is 2.85 bits per heavy atom. The smallest absolute Gasteiger partial charge is 0.238 e. The number of hydrogen-bond donors (Lipinski definition) is 2. The first-order valence-electron chi connectivity index (χ1n) is 9.31. The zero-order valence-electron chi connectivity index (χ0n) is 15.0. The van der Waals surface area contributed by atoms with Crippen molar-refractivity contribution in [2.75, 3.05) is 25.0 Å². The molecule has 27 heavy (non-hydrogen) atoms. The summed E-state index contributed by atoms with van der Waals surface area (Å²) in [6.45, 7) is 2.51. The van der Waals surface area contributed by atoms with E-state index in [0.717, 1.165) is 29.4 Å². The molecule has 2 atom stereocenters. The van der Waals surface area contributed by atoms with E-state index in [1.54, 1.807) is 6.26 Å². The van der Waals surface area contributed by atoms with Crippen LogP contribution in [0, 0.1) is 0 Å². The van der Waals surface area contributed by atoms with Crippen molar-refractivity contribution in [3.8, 4) is 0 Å². The van der Waals surface area contributed by atoms with Gasteiger partial charge in [-0.3, -0.25) is 14.5 Å². The Labute approximate surface area is 162 Å². The van der Waals surface area contributed by atoms with Gasteiger partial charge in [0, 0.05) is 17.9 Å². The molecule has 2 N–H and O–H groups in total. The third-order valence-electron chi connectivity index (χ3n) is 5.02. The lowest BCUT2D eigenvalue weighted by Gasteiger charge is -2.27. The van der Waals surface area contributed by atoms with Crippen molar-refractivity contribution in [2.24, 2.45) is 0 Å². The van der Waals surface area contributed by atoms with Gasteiger partial charge in [0.15, 0.2) is 0 Å². The molecule has 0 saturated carbocycles. The first kappa shape index (κ1) is 18.1. The van der Waals surface area contributed by atoms with Gasteiger partial charge in [-0.1, -0.05) is 12.1 Å². The first-order chi connectivity index (χ1) is 13.2. The largest absolute Gasteiger partial charge is 0.468 e. The zero-order chi connectivity index (χ0) is 18.6. The fraction of sp³-hybridized carbons (Fsp3) is 0.400.